The fourth-order valence-corrected chi connectivity index (χ4v) is 5.66. The standard InChI is InChI=1S/C18H26ClN3O3S/c1-2-21-9-5-6-15(21)13-20-18(23)16-8-7-14(12-17(16)19)22-10-3-4-11-26(22,24)25/h7-8,12,15H,2-6,9-11,13H2,1H3,(H,20,23)/t15-/m0/s1. The van der Waals surface area contributed by atoms with Crippen LogP contribution in [0.4, 0.5) is 5.69 Å². The summed E-state index contributed by atoms with van der Waals surface area (Å²) in [6.45, 7) is 5.26. The van der Waals surface area contributed by atoms with Gasteiger partial charge in [0.15, 0.2) is 0 Å². The summed E-state index contributed by atoms with van der Waals surface area (Å²) in [6.07, 6.45) is 3.76. The van der Waals surface area contributed by atoms with Gasteiger partial charge in [0.2, 0.25) is 10.0 Å². The number of anilines is 1. The maximum absolute atomic E-state index is 12.5. The van der Waals surface area contributed by atoms with Gasteiger partial charge < -0.3 is 5.32 Å². The summed E-state index contributed by atoms with van der Waals surface area (Å²) in [5.74, 6) is -0.0617. The van der Waals surface area contributed by atoms with Crippen LogP contribution in [0.5, 0.6) is 0 Å². The highest BCUT2D eigenvalue weighted by Crippen LogP contribution is 2.28. The second-order valence-corrected chi connectivity index (χ2v) is 9.31. The van der Waals surface area contributed by atoms with Crippen molar-refractivity contribution in [3.8, 4) is 0 Å². The molecule has 1 atom stereocenters. The van der Waals surface area contributed by atoms with Crippen LogP contribution in [0.2, 0.25) is 5.02 Å². The molecule has 2 aliphatic rings. The van der Waals surface area contributed by atoms with E-state index in [9.17, 15) is 13.2 Å². The summed E-state index contributed by atoms with van der Waals surface area (Å²) in [5.41, 5.74) is 0.907. The summed E-state index contributed by atoms with van der Waals surface area (Å²) < 4.78 is 25.8. The Balaban J connectivity index is 1.68. The largest absolute Gasteiger partial charge is 0.350 e. The summed E-state index contributed by atoms with van der Waals surface area (Å²) in [6, 6.07) is 5.23. The van der Waals surface area contributed by atoms with Crippen LogP contribution in [-0.4, -0.2) is 57.2 Å². The molecule has 1 aromatic rings. The molecular formula is C18H26ClN3O3S. The number of carbonyl (C=O) groups excluding carboxylic acids is 1. The number of nitrogens with zero attached hydrogens (tertiary/aromatic N) is 2. The predicted molar refractivity (Wildman–Crippen MR) is 104 cm³/mol. The van der Waals surface area contributed by atoms with Crippen LogP contribution < -0.4 is 9.62 Å². The molecule has 0 aromatic heterocycles. The van der Waals surface area contributed by atoms with Crippen molar-refractivity contribution in [1.29, 1.82) is 0 Å². The van der Waals surface area contributed by atoms with Gasteiger partial charge in [0.1, 0.15) is 0 Å². The van der Waals surface area contributed by atoms with Gasteiger partial charge in [-0.2, -0.15) is 0 Å². The van der Waals surface area contributed by atoms with Crippen LogP contribution in [0.25, 0.3) is 0 Å². The SMILES string of the molecule is CCN1CCC[C@H]1CNC(=O)c1ccc(N2CCCCS2(=O)=O)cc1Cl. The lowest BCUT2D eigenvalue weighted by Gasteiger charge is -2.28. The number of hydrogen-bond acceptors (Lipinski definition) is 4. The molecule has 26 heavy (non-hydrogen) atoms. The van der Waals surface area contributed by atoms with Crippen molar-refractivity contribution in [2.75, 3.05) is 36.2 Å². The van der Waals surface area contributed by atoms with Gasteiger partial charge in [0.25, 0.3) is 5.91 Å². The Kier molecular flexibility index (Phi) is 6.10. The second-order valence-electron chi connectivity index (χ2n) is 6.89. The lowest BCUT2D eigenvalue weighted by atomic mass is 10.1. The Bertz CT molecular complexity index is 769. The van der Waals surface area contributed by atoms with Crippen LogP contribution in [0.3, 0.4) is 0 Å². The third kappa shape index (κ3) is 4.15. The molecular weight excluding hydrogens is 374 g/mol. The first kappa shape index (κ1) is 19.5. The average Bonchev–Trinajstić information content (AvgIpc) is 3.06. The highest BCUT2D eigenvalue weighted by molar-refractivity contribution is 7.92. The first-order valence-corrected chi connectivity index (χ1v) is 11.2. The zero-order chi connectivity index (χ0) is 18.7. The van der Waals surface area contributed by atoms with E-state index in [0.29, 0.717) is 36.8 Å². The number of carbonyl (C=O) groups is 1. The van der Waals surface area contributed by atoms with Gasteiger partial charge in [-0.1, -0.05) is 18.5 Å². The zero-order valence-electron chi connectivity index (χ0n) is 15.1. The first-order chi connectivity index (χ1) is 12.4. The van der Waals surface area contributed by atoms with Crippen LogP contribution in [0.1, 0.15) is 43.0 Å². The Morgan fingerprint density at radius 3 is 2.77 bits per heavy atom. The molecule has 2 aliphatic heterocycles. The van der Waals surface area contributed by atoms with Crippen molar-refractivity contribution in [1.82, 2.24) is 10.2 Å². The van der Waals surface area contributed by atoms with Crippen molar-refractivity contribution in [2.24, 2.45) is 0 Å². The Hall–Kier alpha value is -1.31. The maximum Gasteiger partial charge on any atom is 0.252 e. The third-order valence-corrected chi connectivity index (χ3v) is 7.42. The lowest BCUT2D eigenvalue weighted by Crippen LogP contribution is -2.40. The van der Waals surface area contributed by atoms with E-state index < -0.39 is 10.0 Å². The number of nitrogens with one attached hydrogen (secondary N) is 1. The van der Waals surface area contributed by atoms with Gasteiger partial charge >= 0.3 is 0 Å². The molecule has 0 aliphatic carbocycles. The minimum Gasteiger partial charge on any atom is -0.350 e. The van der Waals surface area contributed by atoms with Crippen molar-refractivity contribution < 1.29 is 13.2 Å². The molecule has 0 bridgehead atoms. The minimum atomic E-state index is -3.29. The number of halogens is 1. The molecule has 1 amide bonds. The van der Waals surface area contributed by atoms with Gasteiger partial charge in [-0.05, 0) is 57.0 Å². The first-order valence-electron chi connectivity index (χ1n) is 9.24. The van der Waals surface area contributed by atoms with E-state index in [4.69, 9.17) is 11.6 Å². The minimum absolute atomic E-state index is 0.155. The summed E-state index contributed by atoms with van der Waals surface area (Å²) in [7, 11) is -3.29. The Morgan fingerprint density at radius 1 is 1.27 bits per heavy atom. The monoisotopic (exact) mass is 399 g/mol. The number of benzene rings is 1. The number of hydrogen-bond donors (Lipinski definition) is 1. The molecule has 0 spiro atoms. The van der Waals surface area contributed by atoms with Crippen LogP contribution in [-0.2, 0) is 10.0 Å². The third-order valence-electron chi connectivity index (χ3n) is 5.24. The van der Waals surface area contributed by atoms with E-state index in [1.54, 1.807) is 18.2 Å². The van der Waals surface area contributed by atoms with Crippen molar-refractivity contribution >= 4 is 33.2 Å². The normalized spacial score (nSPS) is 23.2. The zero-order valence-corrected chi connectivity index (χ0v) is 16.7. The van der Waals surface area contributed by atoms with Gasteiger partial charge in [-0.3, -0.25) is 14.0 Å². The average molecular weight is 400 g/mol. The molecule has 1 aromatic carbocycles. The molecule has 0 unspecified atom stereocenters. The molecule has 2 fully saturated rings. The Morgan fingerprint density at radius 2 is 2.08 bits per heavy atom. The van der Waals surface area contributed by atoms with E-state index in [1.807, 2.05) is 0 Å². The molecule has 2 saturated heterocycles. The fourth-order valence-electron chi connectivity index (χ4n) is 3.77. The van der Waals surface area contributed by atoms with Crippen LogP contribution >= 0.6 is 11.6 Å². The second kappa shape index (κ2) is 8.15. The lowest BCUT2D eigenvalue weighted by molar-refractivity contribution is 0.0941. The number of rotatable bonds is 5. The van der Waals surface area contributed by atoms with E-state index in [1.165, 1.54) is 4.31 Å². The topological polar surface area (TPSA) is 69.7 Å². The van der Waals surface area contributed by atoms with Crippen molar-refractivity contribution in [3.05, 3.63) is 28.8 Å². The quantitative estimate of drug-likeness (QED) is 0.825. The van der Waals surface area contributed by atoms with Gasteiger partial charge in [0.05, 0.1) is 22.0 Å². The van der Waals surface area contributed by atoms with E-state index in [2.05, 4.69) is 17.1 Å². The summed E-state index contributed by atoms with van der Waals surface area (Å²) in [5, 5.41) is 3.24. The molecule has 6 nitrogen and oxygen atoms in total. The van der Waals surface area contributed by atoms with E-state index in [0.717, 1.165) is 32.4 Å². The van der Waals surface area contributed by atoms with Gasteiger partial charge in [0, 0.05) is 19.1 Å². The van der Waals surface area contributed by atoms with Gasteiger partial charge in [-0.25, -0.2) is 8.42 Å². The van der Waals surface area contributed by atoms with Gasteiger partial charge in [-0.15, -0.1) is 0 Å². The van der Waals surface area contributed by atoms with E-state index >= 15 is 0 Å². The fraction of sp³-hybridized carbons (Fsp3) is 0.611. The molecule has 3 rings (SSSR count). The highest BCUT2D eigenvalue weighted by Gasteiger charge is 2.27. The summed E-state index contributed by atoms with van der Waals surface area (Å²) >= 11 is 6.30. The molecule has 1 N–H and O–H groups in total. The molecule has 0 saturated carbocycles. The molecule has 8 heteroatoms. The number of likely N-dealkylation sites (N-methyl/N-ethyl adjacent to an activating group) is 1. The predicted octanol–water partition coefficient (Wildman–Crippen LogP) is 2.48. The number of sulfonamides is 1. The van der Waals surface area contributed by atoms with Crippen molar-refractivity contribution in [2.45, 2.75) is 38.6 Å². The van der Waals surface area contributed by atoms with E-state index in [-0.39, 0.29) is 16.7 Å². The number of likely N-dealkylation sites (tertiary alicyclic amines) is 1. The summed E-state index contributed by atoms with van der Waals surface area (Å²) in [4.78, 5) is 14.9. The number of amides is 1. The Labute approximate surface area is 160 Å². The van der Waals surface area contributed by atoms with Crippen LogP contribution in [0, 0.1) is 0 Å². The highest BCUT2D eigenvalue weighted by atomic mass is 35.5. The molecule has 144 valence electrons. The van der Waals surface area contributed by atoms with Crippen molar-refractivity contribution in [3.63, 3.8) is 0 Å². The smallest absolute Gasteiger partial charge is 0.252 e. The molecule has 0 radical (unpaired) electrons. The van der Waals surface area contributed by atoms with Crippen LogP contribution in [0.15, 0.2) is 18.2 Å². The maximum atomic E-state index is 12.5. The molecule has 2 heterocycles.